The molecule has 1 heterocycles. The summed E-state index contributed by atoms with van der Waals surface area (Å²) in [5.41, 5.74) is 2.70. The quantitative estimate of drug-likeness (QED) is 0.562. The highest BCUT2D eigenvalue weighted by Gasteiger charge is 2.01. The van der Waals surface area contributed by atoms with Crippen molar-refractivity contribution in [3.8, 4) is 0 Å². The molecule has 0 bridgehead atoms. The number of benzene rings is 1. The number of hydrogen-bond donors (Lipinski definition) is 2. The summed E-state index contributed by atoms with van der Waals surface area (Å²) in [6.45, 7) is 0. The van der Waals surface area contributed by atoms with Gasteiger partial charge in [-0.15, -0.1) is 0 Å². The summed E-state index contributed by atoms with van der Waals surface area (Å²) < 4.78 is 0. The zero-order chi connectivity index (χ0) is 10.5. The van der Waals surface area contributed by atoms with Crippen LogP contribution in [0, 0.1) is 0 Å². The van der Waals surface area contributed by atoms with Gasteiger partial charge in [-0.3, -0.25) is 0 Å². The van der Waals surface area contributed by atoms with Gasteiger partial charge in [0.25, 0.3) is 0 Å². The van der Waals surface area contributed by atoms with Crippen molar-refractivity contribution in [1.82, 2.24) is 4.98 Å². The number of H-pyrrole nitrogens is 1. The molecule has 0 radical (unpaired) electrons. The fourth-order valence-electron chi connectivity index (χ4n) is 1.94. The first-order valence-corrected chi connectivity index (χ1v) is 6.21. The number of nitrogens with one attached hydrogen (secondary N) is 1. The summed E-state index contributed by atoms with van der Waals surface area (Å²) in [5, 5.41) is 1.38. The Bertz CT molecular complexity index is 419. The van der Waals surface area contributed by atoms with Crippen LogP contribution < -0.4 is 0 Å². The molecule has 2 rings (SSSR count). The Kier molecular flexibility index (Phi) is 3.73. The highest BCUT2D eigenvalue weighted by Crippen LogP contribution is 2.19. The van der Waals surface area contributed by atoms with Crippen LogP contribution in [0.15, 0.2) is 30.5 Å². The van der Waals surface area contributed by atoms with E-state index in [1.54, 1.807) is 0 Å². The summed E-state index contributed by atoms with van der Waals surface area (Å²) in [6.07, 6.45) is 7.10. The predicted molar refractivity (Wildman–Crippen MR) is 69.7 cm³/mol. The van der Waals surface area contributed by atoms with Crippen molar-refractivity contribution in [3.05, 3.63) is 36.0 Å². The van der Waals surface area contributed by atoms with Gasteiger partial charge in [0.05, 0.1) is 0 Å². The number of aromatic nitrogens is 1. The minimum atomic E-state index is 1.01. The highest BCUT2D eigenvalue weighted by molar-refractivity contribution is 7.80. The summed E-state index contributed by atoms with van der Waals surface area (Å²) in [7, 11) is 0. The third kappa shape index (κ3) is 2.57. The number of aromatic amines is 1. The molecule has 0 aliphatic carbocycles. The van der Waals surface area contributed by atoms with Crippen molar-refractivity contribution in [3.63, 3.8) is 0 Å². The second-order valence-corrected chi connectivity index (χ2v) is 4.34. The molecule has 2 heteroatoms. The maximum Gasteiger partial charge on any atom is 0.0456 e. The minimum absolute atomic E-state index is 1.01. The molecule has 0 spiro atoms. The summed E-state index contributed by atoms with van der Waals surface area (Å²) in [4.78, 5) is 3.31. The summed E-state index contributed by atoms with van der Waals surface area (Å²) in [6, 6.07) is 8.50. The van der Waals surface area contributed by atoms with Crippen LogP contribution in [0.4, 0.5) is 0 Å². The third-order valence-corrected chi connectivity index (χ3v) is 3.10. The van der Waals surface area contributed by atoms with Gasteiger partial charge in [-0.1, -0.05) is 24.6 Å². The molecule has 0 saturated carbocycles. The number of aryl methyl sites for hydroxylation is 1. The van der Waals surface area contributed by atoms with Crippen molar-refractivity contribution in [2.45, 2.75) is 25.7 Å². The first-order chi connectivity index (χ1) is 7.42. The van der Waals surface area contributed by atoms with E-state index in [1.807, 2.05) is 0 Å². The molecule has 0 atom stereocenters. The van der Waals surface area contributed by atoms with E-state index in [0.717, 1.165) is 5.75 Å². The Morgan fingerprint density at radius 1 is 1.07 bits per heavy atom. The van der Waals surface area contributed by atoms with Crippen molar-refractivity contribution in [1.29, 1.82) is 0 Å². The van der Waals surface area contributed by atoms with E-state index in [2.05, 4.69) is 48.1 Å². The van der Waals surface area contributed by atoms with Gasteiger partial charge in [0.15, 0.2) is 0 Å². The Morgan fingerprint density at radius 2 is 1.93 bits per heavy atom. The lowest BCUT2D eigenvalue weighted by molar-refractivity contribution is 0.725. The Balaban J connectivity index is 2.02. The van der Waals surface area contributed by atoms with Crippen LogP contribution in [-0.4, -0.2) is 10.7 Å². The van der Waals surface area contributed by atoms with Crippen LogP contribution >= 0.6 is 12.6 Å². The van der Waals surface area contributed by atoms with Crippen molar-refractivity contribution < 1.29 is 0 Å². The highest BCUT2D eigenvalue weighted by atomic mass is 32.1. The van der Waals surface area contributed by atoms with E-state index < -0.39 is 0 Å². The SMILES string of the molecule is SCCCCCc1c[nH]c2ccccc12. The van der Waals surface area contributed by atoms with E-state index in [-0.39, 0.29) is 0 Å². The second kappa shape index (κ2) is 5.26. The van der Waals surface area contributed by atoms with Gasteiger partial charge in [-0.25, -0.2) is 0 Å². The molecule has 80 valence electrons. The monoisotopic (exact) mass is 219 g/mol. The molecule has 1 aromatic heterocycles. The van der Waals surface area contributed by atoms with Gasteiger partial charge in [0.2, 0.25) is 0 Å². The average Bonchev–Trinajstić information content (AvgIpc) is 2.68. The number of fused-ring (bicyclic) bond motifs is 1. The van der Waals surface area contributed by atoms with Crippen LogP contribution in [0.1, 0.15) is 24.8 Å². The van der Waals surface area contributed by atoms with Gasteiger partial charge >= 0.3 is 0 Å². The van der Waals surface area contributed by atoms with E-state index in [4.69, 9.17) is 0 Å². The lowest BCUT2D eigenvalue weighted by atomic mass is 10.1. The normalized spacial score (nSPS) is 11.0. The standard InChI is InChI=1S/C13H17NS/c15-9-5-1-2-6-11-10-14-13-8-4-3-7-12(11)13/h3-4,7-8,10,14-15H,1-2,5-6,9H2. The number of thiol groups is 1. The Labute approximate surface area is 96.3 Å². The number of unbranched alkanes of at least 4 members (excludes halogenated alkanes) is 2. The fourth-order valence-corrected chi connectivity index (χ4v) is 2.17. The molecule has 15 heavy (non-hydrogen) atoms. The Hall–Kier alpha value is -0.890. The molecule has 2 aromatic rings. The molecule has 0 amide bonds. The van der Waals surface area contributed by atoms with Gasteiger partial charge in [-0.2, -0.15) is 12.6 Å². The molecule has 0 aliphatic rings. The molecule has 0 aliphatic heterocycles. The number of para-hydroxylation sites is 1. The molecule has 1 N–H and O–H groups in total. The van der Waals surface area contributed by atoms with Crippen LogP contribution in [-0.2, 0) is 6.42 Å². The largest absolute Gasteiger partial charge is 0.361 e. The third-order valence-electron chi connectivity index (χ3n) is 2.78. The maximum absolute atomic E-state index is 4.22. The first kappa shape index (κ1) is 10.6. The van der Waals surface area contributed by atoms with Gasteiger partial charge in [-0.05, 0) is 36.6 Å². The van der Waals surface area contributed by atoms with Crippen LogP contribution in [0.25, 0.3) is 10.9 Å². The van der Waals surface area contributed by atoms with Crippen molar-refractivity contribution >= 4 is 23.5 Å². The van der Waals surface area contributed by atoms with Crippen LogP contribution in [0.2, 0.25) is 0 Å². The summed E-state index contributed by atoms with van der Waals surface area (Å²) >= 11 is 4.22. The predicted octanol–water partition coefficient (Wildman–Crippen LogP) is 3.81. The van der Waals surface area contributed by atoms with Gasteiger partial charge in [0.1, 0.15) is 0 Å². The molecule has 0 saturated heterocycles. The smallest absolute Gasteiger partial charge is 0.0456 e. The first-order valence-electron chi connectivity index (χ1n) is 5.57. The van der Waals surface area contributed by atoms with E-state index in [0.29, 0.717) is 0 Å². The summed E-state index contributed by atoms with van der Waals surface area (Å²) in [5.74, 6) is 1.01. The fraction of sp³-hybridized carbons (Fsp3) is 0.385. The van der Waals surface area contributed by atoms with Gasteiger partial charge in [0, 0.05) is 17.1 Å². The zero-order valence-corrected chi connectivity index (χ0v) is 9.76. The Morgan fingerprint density at radius 3 is 2.80 bits per heavy atom. The zero-order valence-electron chi connectivity index (χ0n) is 8.87. The van der Waals surface area contributed by atoms with Crippen molar-refractivity contribution in [2.24, 2.45) is 0 Å². The van der Waals surface area contributed by atoms with Crippen LogP contribution in [0.5, 0.6) is 0 Å². The topological polar surface area (TPSA) is 15.8 Å². The second-order valence-electron chi connectivity index (χ2n) is 3.89. The molecule has 1 aromatic carbocycles. The minimum Gasteiger partial charge on any atom is -0.361 e. The molecule has 1 nitrogen and oxygen atoms in total. The van der Waals surface area contributed by atoms with Crippen molar-refractivity contribution in [2.75, 3.05) is 5.75 Å². The average molecular weight is 219 g/mol. The van der Waals surface area contributed by atoms with Crippen LogP contribution in [0.3, 0.4) is 0 Å². The molecular formula is C13H17NS. The lowest BCUT2D eigenvalue weighted by Crippen LogP contribution is -1.84. The maximum atomic E-state index is 4.22. The molecule has 0 unspecified atom stereocenters. The number of hydrogen-bond acceptors (Lipinski definition) is 1. The van der Waals surface area contributed by atoms with E-state index in [9.17, 15) is 0 Å². The van der Waals surface area contributed by atoms with Gasteiger partial charge < -0.3 is 4.98 Å². The van der Waals surface area contributed by atoms with E-state index >= 15 is 0 Å². The molecule has 0 fully saturated rings. The van der Waals surface area contributed by atoms with E-state index in [1.165, 1.54) is 42.1 Å². The number of rotatable bonds is 5. The lowest BCUT2D eigenvalue weighted by Gasteiger charge is -1.98. The molecular weight excluding hydrogens is 202 g/mol.